The first kappa shape index (κ1) is 39.7. The maximum atomic E-state index is 15.2. The van der Waals surface area contributed by atoms with Crippen LogP contribution in [0.25, 0.3) is 11.3 Å². The highest BCUT2D eigenvalue weighted by Crippen LogP contribution is 2.38. The van der Waals surface area contributed by atoms with Gasteiger partial charge in [-0.2, -0.15) is 0 Å². The van der Waals surface area contributed by atoms with Gasteiger partial charge in [0.2, 0.25) is 0 Å². The molecule has 3 aliphatic heterocycles. The second-order valence-electron chi connectivity index (χ2n) is 13.8. The molecular weight excluding hydrogens is 718 g/mol. The number of halogens is 2. The maximum absolute atomic E-state index is 15.2. The van der Waals surface area contributed by atoms with Crippen molar-refractivity contribution in [3.8, 4) is 11.3 Å². The monoisotopic (exact) mass is 764 g/mol. The predicted octanol–water partition coefficient (Wildman–Crippen LogP) is 2.81. The van der Waals surface area contributed by atoms with Crippen LogP contribution >= 0.6 is 0 Å². The van der Waals surface area contributed by atoms with Gasteiger partial charge >= 0.3 is 6.09 Å². The van der Waals surface area contributed by atoms with Gasteiger partial charge in [0.25, 0.3) is 17.7 Å². The van der Waals surface area contributed by atoms with Gasteiger partial charge < -0.3 is 39.4 Å². The summed E-state index contributed by atoms with van der Waals surface area (Å²) in [5.74, 6) is -2.73. The van der Waals surface area contributed by atoms with E-state index < -0.39 is 53.7 Å². The Morgan fingerprint density at radius 3 is 2.55 bits per heavy atom. The van der Waals surface area contributed by atoms with Gasteiger partial charge in [-0.25, -0.2) is 18.6 Å². The van der Waals surface area contributed by atoms with Crippen molar-refractivity contribution in [2.24, 2.45) is 11.8 Å². The van der Waals surface area contributed by atoms with Gasteiger partial charge in [0, 0.05) is 75.8 Å². The van der Waals surface area contributed by atoms with Crippen LogP contribution in [-0.2, 0) is 35.1 Å². The number of rotatable bonds is 16. The van der Waals surface area contributed by atoms with Crippen molar-refractivity contribution in [3.05, 3.63) is 89.9 Å². The molecule has 4 atom stereocenters. The Morgan fingerprint density at radius 2 is 1.82 bits per heavy atom. The normalized spacial score (nSPS) is 19.8. The zero-order valence-electron chi connectivity index (χ0n) is 30.6. The molecule has 2 aromatic carbocycles. The Bertz CT molecular complexity index is 1830. The zero-order chi connectivity index (χ0) is 38.9. The largest absolute Gasteiger partial charge is 0.444 e. The molecule has 3 aliphatic rings. The summed E-state index contributed by atoms with van der Waals surface area (Å²) in [5, 5.41) is 16.7. The van der Waals surface area contributed by atoms with E-state index in [0.29, 0.717) is 51.5 Å². The van der Waals surface area contributed by atoms with E-state index in [9.17, 15) is 28.7 Å². The second kappa shape index (κ2) is 18.5. The first-order valence-electron chi connectivity index (χ1n) is 18.5. The van der Waals surface area contributed by atoms with Crippen molar-refractivity contribution >= 4 is 23.8 Å². The number of imidazole rings is 1. The Kier molecular flexibility index (Phi) is 13.4. The number of aliphatic hydroxyl groups is 1. The summed E-state index contributed by atoms with van der Waals surface area (Å²) in [6.07, 6.45) is 2.50. The van der Waals surface area contributed by atoms with Gasteiger partial charge in [-0.1, -0.05) is 30.3 Å². The van der Waals surface area contributed by atoms with Crippen molar-refractivity contribution < 1.29 is 47.3 Å². The molecular formula is C39H46F2N6O8. The third-order valence-corrected chi connectivity index (χ3v) is 10.0. The topological polar surface area (TPSA) is 165 Å². The summed E-state index contributed by atoms with van der Waals surface area (Å²) in [5.41, 5.74) is 1.10. The van der Waals surface area contributed by atoms with Gasteiger partial charge in [-0.15, -0.1) is 0 Å². The van der Waals surface area contributed by atoms with Crippen LogP contribution in [0.3, 0.4) is 0 Å². The van der Waals surface area contributed by atoms with Gasteiger partial charge in [-0.05, 0) is 49.4 Å². The molecule has 0 aliphatic carbocycles. The molecule has 2 fully saturated rings. The minimum Gasteiger partial charge on any atom is -0.444 e. The number of carbonyl (C=O) groups excluding carboxylic acids is 4. The number of benzene rings is 2. The van der Waals surface area contributed by atoms with Crippen LogP contribution in [-0.4, -0.2) is 120 Å². The molecule has 3 N–H and O–H groups in total. The standard InChI is InChI=1S/C39H46F2N6O8/c1-25(48)38(51)47(23-28-20-42-21-33(28)55-39(52)43-13-17-54-18-14-46-34(49)9-10-35(46)50)36(27-11-15-53-16-12-27)37-44-32(30-19-29(40)7-8-31(30)41)24-45(37)22-26-5-3-2-4-6-26/h2-10,19,24-25,27-28,33,36,42,48H,11-18,20-23H2,1H3,(H,43,52)/t25-,28?,33-,36+/m0/s1. The summed E-state index contributed by atoms with van der Waals surface area (Å²) in [7, 11) is 0. The number of nitrogens with zero attached hydrogens (tertiary/aromatic N) is 4. The molecule has 2 saturated heterocycles. The lowest BCUT2D eigenvalue weighted by molar-refractivity contribution is -0.146. The average Bonchev–Trinajstić information content (AvgIpc) is 3.89. The lowest BCUT2D eigenvalue weighted by atomic mass is 9.88. The molecule has 0 radical (unpaired) electrons. The zero-order valence-corrected chi connectivity index (χ0v) is 30.6. The number of nitrogens with one attached hydrogen (secondary N) is 2. The van der Waals surface area contributed by atoms with E-state index in [0.717, 1.165) is 28.7 Å². The number of imide groups is 1. The molecule has 1 unspecified atom stereocenters. The molecule has 6 rings (SSSR count). The van der Waals surface area contributed by atoms with Crippen molar-refractivity contribution in [3.63, 3.8) is 0 Å². The Balaban J connectivity index is 1.22. The van der Waals surface area contributed by atoms with Gasteiger partial charge in [0.15, 0.2) is 0 Å². The molecule has 294 valence electrons. The first-order valence-corrected chi connectivity index (χ1v) is 18.5. The molecule has 14 nitrogen and oxygen atoms in total. The number of ether oxygens (including phenoxy) is 3. The number of aliphatic hydroxyl groups excluding tert-OH is 1. The van der Waals surface area contributed by atoms with Crippen LogP contribution in [0.1, 0.15) is 37.2 Å². The highest BCUT2D eigenvalue weighted by atomic mass is 19.1. The summed E-state index contributed by atoms with van der Waals surface area (Å²) >= 11 is 0. The third-order valence-electron chi connectivity index (χ3n) is 10.0. The molecule has 55 heavy (non-hydrogen) atoms. The molecule has 0 spiro atoms. The summed E-state index contributed by atoms with van der Waals surface area (Å²) < 4.78 is 48.5. The van der Waals surface area contributed by atoms with Crippen molar-refractivity contribution in [1.29, 1.82) is 0 Å². The number of aromatic nitrogens is 2. The fraction of sp³-hybridized carbons (Fsp3) is 0.462. The number of hydrogen-bond donors (Lipinski definition) is 3. The van der Waals surface area contributed by atoms with Crippen LogP contribution in [0, 0.1) is 23.5 Å². The van der Waals surface area contributed by atoms with Gasteiger partial charge in [0.05, 0.1) is 31.5 Å². The number of hydrogen-bond acceptors (Lipinski definition) is 10. The average molecular weight is 765 g/mol. The van der Waals surface area contributed by atoms with Gasteiger partial charge in [0.1, 0.15) is 29.7 Å². The van der Waals surface area contributed by atoms with E-state index in [-0.39, 0.29) is 55.9 Å². The van der Waals surface area contributed by atoms with E-state index in [2.05, 4.69) is 10.6 Å². The molecule has 4 amide bonds. The molecule has 1 aromatic heterocycles. The maximum Gasteiger partial charge on any atom is 0.407 e. The number of carbonyl (C=O) groups is 4. The quantitative estimate of drug-likeness (QED) is 0.146. The number of alkyl carbamates (subject to hydrolysis) is 1. The SMILES string of the molecule is C[C@H](O)C(=O)N(CC1CNC[C@@H]1OC(=O)NCCOCCN1C(=O)C=CC1=O)[C@@H](c1nc(-c2cc(F)ccc2F)cn1Cc1ccccc1)C1CCOCC1. The molecule has 0 bridgehead atoms. The fourth-order valence-electron chi connectivity index (χ4n) is 7.21. The van der Waals surface area contributed by atoms with E-state index in [1.807, 2.05) is 34.9 Å². The van der Waals surface area contributed by atoms with Gasteiger partial charge in [-0.3, -0.25) is 19.3 Å². The minimum atomic E-state index is -1.38. The van der Waals surface area contributed by atoms with Crippen LogP contribution in [0.5, 0.6) is 0 Å². The highest BCUT2D eigenvalue weighted by molar-refractivity contribution is 6.12. The predicted molar refractivity (Wildman–Crippen MR) is 194 cm³/mol. The Labute approximate surface area is 317 Å². The van der Waals surface area contributed by atoms with Crippen molar-refractivity contribution in [1.82, 2.24) is 30.0 Å². The smallest absolute Gasteiger partial charge is 0.407 e. The Morgan fingerprint density at radius 1 is 1.07 bits per heavy atom. The van der Waals surface area contributed by atoms with E-state index in [4.69, 9.17) is 19.2 Å². The van der Waals surface area contributed by atoms with Crippen LogP contribution in [0.4, 0.5) is 13.6 Å². The summed E-state index contributed by atoms with van der Waals surface area (Å²) in [6, 6.07) is 12.0. The van der Waals surface area contributed by atoms with Crippen LogP contribution in [0.2, 0.25) is 0 Å². The second-order valence-corrected chi connectivity index (χ2v) is 13.8. The van der Waals surface area contributed by atoms with Crippen LogP contribution in [0.15, 0.2) is 66.9 Å². The first-order chi connectivity index (χ1) is 26.6. The van der Waals surface area contributed by atoms with E-state index >= 15 is 4.39 Å². The third kappa shape index (κ3) is 9.99. The van der Waals surface area contributed by atoms with Crippen molar-refractivity contribution in [2.45, 2.75) is 44.6 Å². The summed E-state index contributed by atoms with van der Waals surface area (Å²) in [6.45, 7) is 3.85. The molecule has 3 aromatic rings. The lowest BCUT2D eigenvalue weighted by Crippen LogP contribution is -2.49. The fourth-order valence-corrected chi connectivity index (χ4v) is 7.21. The van der Waals surface area contributed by atoms with E-state index in [1.54, 1.807) is 11.1 Å². The lowest BCUT2D eigenvalue weighted by Gasteiger charge is -2.40. The number of amides is 4. The van der Waals surface area contributed by atoms with Crippen LogP contribution < -0.4 is 10.6 Å². The Hall–Kier alpha value is -5.03. The highest BCUT2D eigenvalue weighted by Gasteiger charge is 2.42. The van der Waals surface area contributed by atoms with Crippen molar-refractivity contribution in [2.75, 3.05) is 59.2 Å². The minimum absolute atomic E-state index is 0.0221. The molecule has 4 heterocycles. The molecule has 16 heteroatoms. The summed E-state index contributed by atoms with van der Waals surface area (Å²) in [4.78, 5) is 58.0. The van der Waals surface area contributed by atoms with E-state index in [1.165, 1.54) is 19.1 Å². The molecule has 0 saturated carbocycles.